The van der Waals surface area contributed by atoms with Crippen molar-refractivity contribution in [1.29, 1.82) is 0 Å². The highest BCUT2D eigenvalue weighted by atomic mass is 16.2. The van der Waals surface area contributed by atoms with E-state index >= 15 is 0 Å². The third-order valence-corrected chi connectivity index (χ3v) is 3.70. The summed E-state index contributed by atoms with van der Waals surface area (Å²) < 4.78 is 1.81. The van der Waals surface area contributed by atoms with Crippen LogP contribution in [0.15, 0.2) is 6.20 Å². The zero-order chi connectivity index (χ0) is 13.8. The molecule has 1 unspecified atom stereocenters. The predicted molar refractivity (Wildman–Crippen MR) is 74.8 cm³/mol. The zero-order valence-electron chi connectivity index (χ0n) is 12.1. The Hall–Kier alpha value is -1.52. The van der Waals surface area contributed by atoms with Crippen LogP contribution < -0.4 is 5.32 Å². The Morgan fingerprint density at radius 1 is 1.58 bits per heavy atom. The van der Waals surface area contributed by atoms with E-state index in [1.54, 1.807) is 0 Å². The van der Waals surface area contributed by atoms with E-state index in [9.17, 15) is 4.79 Å². The average Bonchev–Trinajstić information content (AvgIpc) is 2.76. The first kappa shape index (κ1) is 13.9. The summed E-state index contributed by atoms with van der Waals surface area (Å²) in [7, 11) is 1.91. The van der Waals surface area contributed by atoms with Gasteiger partial charge in [0.1, 0.15) is 0 Å². The maximum Gasteiger partial charge on any atom is 0.317 e. The Kier molecular flexibility index (Phi) is 4.45. The van der Waals surface area contributed by atoms with Gasteiger partial charge in [-0.15, -0.1) is 0 Å². The Bertz CT molecular complexity index is 441. The molecule has 2 amide bonds. The quantitative estimate of drug-likeness (QED) is 0.907. The van der Waals surface area contributed by atoms with Gasteiger partial charge >= 0.3 is 6.03 Å². The molecule has 1 atom stereocenters. The molecule has 2 rings (SSSR count). The fraction of sp³-hybridized carbons (Fsp3) is 0.714. The molecule has 0 spiro atoms. The van der Waals surface area contributed by atoms with E-state index in [1.165, 1.54) is 6.42 Å². The van der Waals surface area contributed by atoms with Gasteiger partial charge in [-0.1, -0.05) is 13.8 Å². The number of nitrogens with one attached hydrogen (secondary N) is 1. The summed E-state index contributed by atoms with van der Waals surface area (Å²) in [5.74, 6) is 0.615. The molecule has 0 aromatic carbocycles. The largest absolute Gasteiger partial charge is 0.334 e. The van der Waals surface area contributed by atoms with Gasteiger partial charge in [0.05, 0.1) is 5.69 Å². The van der Waals surface area contributed by atoms with Crippen molar-refractivity contribution in [1.82, 2.24) is 20.0 Å². The first-order chi connectivity index (χ1) is 9.10. The van der Waals surface area contributed by atoms with E-state index in [0.717, 1.165) is 37.2 Å². The minimum atomic E-state index is 0.0532. The standard InChI is InChI=1S/C14H24N4O/c1-4-13-12(10-17(3)16-13)8-15-14(19)18-7-5-6-11(2)9-18/h10-11H,4-9H2,1-3H3,(H,15,19). The molecule has 0 saturated carbocycles. The van der Waals surface area contributed by atoms with Crippen molar-refractivity contribution in [2.75, 3.05) is 13.1 Å². The van der Waals surface area contributed by atoms with Crippen LogP contribution >= 0.6 is 0 Å². The van der Waals surface area contributed by atoms with Crippen molar-refractivity contribution in [3.63, 3.8) is 0 Å². The van der Waals surface area contributed by atoms with Crippen molar-refractivity contribution >= 4 is 6.03 Å². The van der Waals surface area contributed by atoms with Gasteiger partial charge in [0.25, 0.3) is 0 Å². The normalized spacial score (nSPS) is 19.5. The minimum Gasteiger partial charge on any atom is -0.334 e. The third-order valence-electron chi connectivity index (χ3n) is 3.70. The Morgan fingerprint density at radius 2 is 2.37 bits per heavy atom. The first-order valence-electron chi connectivity index (χ1n) is 7.14. The molecule has 106 valence electrons. The van der Waals surface area contributed by atoms with Gasteiger partial charge in [-0.25, -0.2) is 4.79 Å². The number of hydrogen-bond acceptors (Lipinski definition) is 2. The van der Waals surface area contributed by atoms with Crippen molar-refractivity contribution in [3.05, 3.63) is 17.5 Å². The van der Waals surface area contributed by atoms with Crippen LogP contribution in [-0.4, -0.2) is 33.8 Å². The summed E-state index contributed by atoms with van der Waals surface area (Å²) in [4.78, 5) is 14.0. The first-order valence-corrected chi connectivity index (χ1v) is 7.14. The molecule has 1 saturated heterocycles. The molecule has 1 aliphatic heterocycles. The van der Waals surface area contributed by atoms with E-state index in [1.807, 2.05) is 22.8 Å². The molecule has 0 aliphatic carbocycles. The summed E-state index contributed by atoms with van der Waals surface area (Å²) in [6, 6.07) is 0.0532. The molecular weight excluding hydrogens is 240 g/mol. The van der Waals surface area contributed by atoms with Crippen LogP contribution in [-0.2, 0) is 20.0 Å². The fourth-order valence-corrected chi connectivity index (χ4v) is 2.69. The number of likely N-dealkylation sites (tertiary alicyclic amines) is 1. The van der Waals surface area contributed by atoms with E-state index < -0.39 is 0 Å². The van der Waals surface area contributed by atoms with Crippen LogP contribution in [0.2, 0.25) is 0 Å². The second-order valence-electron chi connectivity index (χ2n) is 5.48. The van der Waals surface area contributed by atoms with Crippen LogP contribution in [0.3, 0.4) is 0 Å². The number of nitrogens with zero attached hydrogens (tertiary/aromatic N) is 3. The lowest BCUT2D eigenvalue weighted by atomic mass is 10.0. The summed E-state index contributed by atoms with van der Waals surface area (Å²) in [6.45, 7) is 6.61. The highest BCUT2D eigenvalue weighted by Gasteiger charge is 2.20. The predicted octanol–water partition coefficient (Wildman–Crippen LogP) is 1.92. The van der Waals surface area contributed by atoms with Gasteiger partial charge in [0.15, 0.2) is 0 Å². The monoisotopic (exact) mass is 264 g/mol. The maximum absolute atomic E-state index is 12.1. The van der Waals surface area contributed by atoms with E-state index in [2.05, 4.69) is 24.3 Å². The molecular formula is C14H24N4O. The molecule has 1 aliphatic rings. The van der Waals surface area contributed by atoms with Crippen LogP contribution in [0.4, 0.5) is 4.79 Å². The van der Waals surface area contributed by atoms with Gasteiger partial charge in [-0.2, -0.15) is 5.10 Å². The number of urea groups is 1. The minimum absolute atomic E-state index is 0.0532. The van der Waals surface area contributed by atoms with Gasteiger partial charge in [-0.3, -0.25) is 4.68 Å². The lowest BCUT2D eigenvalue weighted by Crippen LogP contribution is -2.44. The number of rotatable bonds is 3. The van der Waals surface area contributed by atoms with Gasteiger partial charge in [0.2, 0.25) is 0 Å². The zero-order valence-corrected chi connectivity index (χ0v) is 12.1. The molecule has 19 heavy (non-hydrogen) atoms. The number of aryl methyl sites for hydroxylation is 2. The van der Waals surface area contributed by atoms with Crippen LogP contribution in [0, 0.1) is 5.92 Å². The lowest BCUT2D eigenvalue weighted by molar-refractivity contribution is 0.169. The molecule has 5 nitrogen and oxygen atoms in total. The van der Waals surface area contributed by atoms with Crippen molar-refractivity contribution in [2.24, 2.45) is 13.0 Å². The van der Waals surface area contributed by atoms with E-state index in [-0.39, 0.29) is 6.03 Å². The van der Waals surface area contributed by atoms with Crippen LogP contribution in [0.1, 0.15) is 37.9 Å². The van der Waals surface area contributed by atoms with Crippen molar-refractivity contribution < 1.29 is 4.79 Å². The number of amides is 2. The Morgan fingerprint density at radius 3 is 3.05 bits per heavy atom. The van der Waals surface area contributed by atoms with Crippen molar-refractivity contribution in [3.8, 4) is 0 Å². The van der Waals surface area contributed by atoms with Gasteiger partial charge in [-0.05, 0) is 25.2 Å². The second-order valence-corrected chi connectivity index (χ2v) is 5.48. The molecule has 1 aromatic heterocycles. The summed E-state index contributed by atoms with van der Waals surface area (Å²) >= 11 is 0. The topological polar surface area (TPSA) is 50.2 Å². The summed E-state index contributed by atoms with van der Waals surface area (Å²) in [5.41, 5.74) is 2.18. The Labute approximate surface area is 115 Å². The van der Waals surface area contributed by atoms with Gasteiger partial charge < -0.3 is 10.2 Å². The van der Waals surface area contributed by atoms with E-state index in [0.29, 0.717) is 12.5 Å². The number of hydrogen-bond donors (Lipinski definition) is 1. The number of aromatic nitrogens is 2. The van der Waals surface area contributed by atoms with Crippen LogP contribution in [0.25, 0.3) is 0 Å². The summed E-state index contributed by atoms with van der Waals surface area (Å²) in [5, 5.41) is 7.39. The highest BCUT2D eigenvalue weighted by Crippen LogP contribution is 2.15. The fourth-order valence-electron chi connectivity index (χ4n) is 2.69. The molecule has 5 heteroatoms. The molecule has 1 fully saturated rings. The second kappa shape index (κ2) is 6.08. The molecule has 2 heterocycles. The SMILES string of the molecule is CCc1nn(C)cc1CNC(=O)N1CCCC(C)C1. The maximum atomic E-state index is 12.1. The van der Waals surface area contributed by atoms with Crippen LogP contribution in [0.5, 0.6) is 0 Å². The number of carbonyl (C=O) groups is 1. The van der Waals surface area contributed by atoms with Gasteiger partial charge in [0, 0.05) is 38.4 Å². The molecule has 1 N–H and O–H groups in total. The van der Waals surface area contributed by atoms with E-state index in [4.69, 9.17) is 0 Å². The number of piperidine rings is 1. The molecule has 1 aromatic rings. The average molecular weight is 264 g/mol. The molecule has 0 bridgehead atoms. The third kappa shape index (κ3) is 3.49. The summed E-state index contributed by atoms with van der Waals surface area (Å²) in [6.07, 6.45) is 5.22. The molecule has 0 radical (unpaired) electrons. The Balaban J connectivity index is 1.89. The smallest absolute Gasteiger partial charge is 0.317 e. The van der Waals surface area contributed by atoms with Crippen molar-refractivity contribution in [2.45, 2.75) is 39.7 Å². The lowest BCUT2D eigenvalue weighted by Gasteiger charge is -2.30. The number of carbonyl (C=O) groups excluding carboxylic acids is 1. The highest BCUT2D eigenvalue weighted by molar-refractivity contribution is 5.74.